The number of amides is 1. The van der Waals surface area contributed by atoms with Gasteiger partial charge in [-0.15, -0.1) is 0 Å². The number of carbonyl (C=O) groups excluding carboxylic acids is 2. The van der Waals surface area contributed by atoms with Crippen LogP contribution < -0.4 is 5.32 Å². The third-order valence-corrected chi connectivity index (χ3v) is 3.09. The van der Waals surface area contributed by atoms with E-state index in [-0.39, 0.29) is 23.8 Å². The van der Waals surface area contributed by atoms with E-state index in [2.05, 4.69) is 5.32 Å². The van der Waals surface area contributed by atoms with E-state index >= 15 is 0 Å². The smallest absolute Gasteiger partial charge is 0.311 e. The Morgan fingerprint density at radius 3 is 2.72 bits per heavy atom. The van der Waals surface area contributed by atoms with Crippen LogP contribution in [0.5, 0.6) is 0 Å². The Bertz CT molecular complexity index is 338. The summed E-state index contributed by atoms with van der Waals surface area (Å²) >= 11 is 0. The molecule has 0 aromatic heterocycles. The highest BCUT2D eigenvalue weighted by molar-refractivity contribution is 5.88. The number of rotatable bonds is 5. The second-order valence-electron chi connectivity index (χ2n) is 4.36. The summed E-state index contributed by atoms with van der Waals surface area (Å²) in [5.74, 6) is -0.119. The predicted octanol–water partition coefficient (Wildman–Crippen LogP) is 1.38. The predicted molar refractivity (Wildman–Crippen MR) is 66.7 cm³/mol. The zero-order chi connectivity index (χ0) is 13.5. The molecule has 1 saturated carbocycles. The Labute approximate surface area is 108 Å². The van der Waals surface area contributed by atoms with Gasteiger partial charge in [-0.25, -0.2) is 0 Å². The zero-order valence-corrected chi connectivity index (χ0v) is 11.2. The highest BCUT2D eigenvalue weighted by atomic mass is 16.5. The van der Waals surface area contributed by atoms with Crippen LogP contribution >= 0.6 is 0 Å². The van der Waals surface area contributed by atoms with Gasteiger partial charge in [-0.1, -0.05) is 6.42 Å². The van der Waals surface area contributed by atoms with Crippen molar-refractivity contribution in [2.45, 2.75) is 39.2 Å². The molecule has 0 radical (unpaired) electrons. The first-order valence-electron chi connectivity index (χ1n) is 6.28. The van der Waals surface area contributed by atoms with Crippen LogP contribution in [0.1, 0.15) is 33.1 Å². The molecule has 0 saturated heterocycles. The fourth-order valence-electron chi connectivity index (χ4n) is 2.13. The number of esters is 1. The van der Waals surface area contributed by atoms with Crippen molar-refractivity contribution in [1.29, 1.82) is 0 Å². The lowest BCUT2D eigenvalue weighted by molar-refractivity contribution is -0.148. The van der Waals surface area contributed by atoms with E-state index in [1.807, 2.05) is 0 Å². The number of hydrogen-bond acceptors (Lipinski definition) is 4. The van der Waals surface area contributed by atoms with Crippen LogP contribution in [-0.4, -0.2) is 31.6 Å². The largest absolute Gasteiger partial charge is 0.501 e. The molecule has 0 spiro atoms. The number of allylic oxidation sites excluding steroid dienone is 1. The molecule has 0 heterocycles. The van der Waals surface area contributed by atoms with Gasteiger partial charge in [0.05, 0.1) is 25.4 Å². The molecule has 1 aliphatic rings. The molecule has 1 rings (SSSR count). The summed E-state index contributed by atoms with van der Waals surface area (Å²) in [5, 5.41) is 2.84. The summed E-state index contributed by atoms with van der Waals surface area (Å²) in [5.41, 5.74) is 0. The molecule has 5 nitrogen and oxygen atoms in total. The van der Waals surface area contributed by atoms with E-state index in [1.165, 1.54) is 13.2 Å². The first-order chi connectivity index (χ1) is 8.58. The second-order valence-corrected chi connectivity index (χ2v) is 4.36. The van der Waals surface area contributed by atoms with Crippen molar-refractivity contribution in [2.24, 2.45) is 5.92 Å². The highest BCUT2D eigenvalue weighted by Gasteiger charge is 2.34. The van der Waals surface area contributed by atoms with Crippen molar-refractivity contribution in [1.82, 2.24) is 5.32 Å². The molecule has 0 aliphatic heterocycles. The molecule has 5 heteroatoms. The Hall–Kier alpha value is -1.52. The van der Waals surface area contributed by atoms with E-state index in [1.54, 1.807) is 13.8 Å². The SMILES string of the molecule is CCOC(=O)C1CCCC1NC(=O)C=C(C)OC. The number of carbonyl (C=O) groups is 2. The molecule has 1 N–H and O–H groups in total. The standard InChI is InChI=1S/C13H21NO4/c1-4-18-13(16)10-6-5-7-11(10)14-12(15)8-9(2)17-3/h8,10-11H,4-7H2,1-3H3,(H,14,15). The van der Waals surface area contributed by atoms with Gasteiger partial charge in [0.25, 0.3) is 0 Å². The van der Waals surface area contributed by atoms with Gasteiger partial charge < -0.3 is 14.8 Å². The van der Waals surface area contributed by atoms with Crippen LogP contribution in [0, 0.1) is 5.92 Å². The second kappa shape index (κ2) is 7.03. The van der Waals surface area contributed by atoms with Gasteiger partial charge in [0.15, 0.2) is 0 Å². The third-order valence-electron chi connectivity index (χ3n) is 3.09. The van der Waals surface area contributed by atoms with Crippen molar-refractivity contribution in [3.8, 4) is 0 Å². The van der Waals surface area contributed by atoms with Gasteiger partial charge in [-0.2, -0.15) is 0 Å². The van der Waals surface area contributed by atoms with Gasteiger partial charge in [0.2, 0.25) is 5.91 Å². The maximum Gasteiger partial charge on any atom is 0.311 e. The molecule has 0 bridgehead atoms. The molecule has 2 unspecified atom stereocenters. The van der Waals surface area contributed by atoms with E-state index in [0.717, 1.165) is 19.3 Å². The summed E-state index contributed by atoms with van der Waals surface area (Å²) in [7, 11) is 1.51. The number of methoxy groups -OCH3 is 1. The Balaban J connectivity index is 2.55. The normalized spacial score (nSPS) is 23.6. The molecule has 18 heavy (non-hydrogen) atoms. The summed E-state index contributed by atoms with van der Waals surface area (Å²) in [4.78, 5) is 23.4. The summed E-state index contributed by atoms with van der Waals surface area (Å²) in [6, 6.07) is -0.127. The van der Waals surface area contributed by atoms with Crippen molar-refractivity contribution in [3.63, 3.8) is 0 Å². The van der Waals surface area contributed by atoms with Crippen LogP contribution in [0.3, 0.4) is 0 Å². The minimum atomic E-state index is -0.226. The van der Waals surface area contributed by atoms with Crippen LogP contribution in [0.2, 0.25) is 0 Å². The van der Waals surface area contributed by atoms with Crippen LogP contribution in [0.25, 0.3) is 0 Å². The molecular formula is C13H21NO4. The lowest BCUT2D eigenvalue weighted by atomic mass is 10.0. The van der Waals surface area contributed by atoms with Crippen molar-refractivity contribution in [2.75, 3.05) is 13.7 Å². The van der Waals surface area contributed by atoms with Gasteiger partial charge in [0, 0.05) is 12.1 Å². The molecular weight excluding hydrogens is 234 g/mol. The molecule has 1 aliphatic carbocycles. The van der Waals surface area contributed by atoms with Gasteiger partial charge in [-0.05, 0) is 26.7 Å². The monoisotopic (exact) mass is 255 g/mol. The summed E-state index contributed by atoms with van der Waals surface area (Å²) < 4.78 is 9.92. The fraction of sp³-hybridized carbons (Fsp3) is 0.692. The molecule has 2 atom stereocenters. The lowest BCUT2D eigenvalue weighted by Crippen LogP contribution is -2.40. The lowest BCUT2D eigenvalue weighted by Gasteiger charge is -2.18. The maximum atomic E-state index is 11.7. The van der Waals surface area contributed by atoms with Gasteiger partial charge in [0.1, 0.15) is 0 Å². The molecule has 1 amide bonds. The zero-order valence-electron chi connectivity index (χ0n) is 11.2. The first kappa shape index (κ1) is 14.5. The average molecular weight is 255 g/mol. The summed E-state index contributed by atoms with van der Waals surface area (Å²) in [6.07, 6.45) is 3.91. The molecule has 102 valence electrons. The summed E-state index contributed by atoms with van der Waals surface area (Å²) in [6.45, 7) is 3.86. The van der Waals surface area contributed by atoms with Crippen molar-refractivity contribution >= 4 is 11.9 Å². The van der Waals surface area contributed by atoms with Crippen LogP contribution in [0.15, 0.2) is 11.8 Å². The minimum absolute atomic E-state index is 0.127. The first-order valence-corrected chi connectivity index (χ1v) is 6.28. The minimum Gasteiger partial charge on any atom is -0.501 e. The number of hydrogen-bond donors (Lipinski definition) is 1. The molecule has 1 fully saturated rings. The maximum absolute atomic E-state index is 11.7. The van der Waals surface area contributed by atoms with Gasteiger partial charge in [-0.3, -0.25) is 9.59 Å². The quantitative estimate of drug-likeness (QED) is 0.458. The van der Waals surface area contributed by atoms with Crippen LogP contribution in [0.4, 0.5) is 0 Å². The van der Waals surface area contributed by atoms with E-state index in [9.17, 15) is 9.59 Å². The third kappa shape index (κ3) is 4.05. The molecule has 0 aromatic rings. The Morgan fingerprint density at radius 2 is 2.11 bits per heavy atom. The van der Waals surface area contributed by atoms with Crippen molar-refractivity contribution < 1.29 is 19.1 Å². The number of nitrogens with one attached hydrogen (secondary N) is 1. The van der Waals surface area contributed by atoms with Crippen molar-refractivity contribution in [3.05, 3.63) is 11.8 Å². The Kier molecular flexibility index (Phi) is 5.68. The fourth-order valence-corrected chi connectivity index (χ4v) is 2.13. The van der Waals surface area contributed by atoms with E-state index < -0.39 is 0 Å². The average Bonchev–Trinajstić information content (AvgIpc) is 2.77. The molecule has 0 aromatic carbocycles. The Morgan fingerprint density at radius 1 is 1.39 bits per heavy atom. The van der Waals surface area contributed by atoms with Crippen LogP contribution in [-0.2, 0) is 19.1 Å². The van der Waals surface area contributed by atoms with E-state index in [0.29, 0.717) is 12.4 Å². The van der Waals surface area contributed by atoms with Gasteiger partial charge >= 0.3 is 5.97 Å². The highest BCUT2D eigenvalue weighted by Crippen LogP contribution is 2.26. The number of ether oxygens (including phenoxy) is 2. The van der Waals surface area contributed by atoms with E-state index in [4.69, 9.17) is 9.47 Å². The topological polar surface area (TPSA) is 64.6 Å².